The molecule has 1 amide bonds. The predicted molar refractivity (Wildman–Crippen MR) is 115 cm³/mol. The molecular formula is C20H21N3O5S2. The summed E-state index contributed by atoms with van der Waals surface area (Å²) in [5.41, 5.74) is 1.11. The molecule has 10 heteroatoms. The van der Waals surface area contributed by atoms with Gasteiger partial charge in [0.15, 0.2) is 5.13 Å². The SMILES string of the molecule is CCOc1ccc(C(=O)Nc2nc3ccc(S(=O)(=O)N4CCOCC4)cc3s2)cc1. The molecule has 0 bridgehead atoms. The summed E-state index contributed by atoms with van der Waals surface area (Å²) in [7, 11) is -3.59. The maximum atomic E-state index is 12.8. The topological polar surface area (TPSA) is 97.8 Å². The van der Waals surface area contributed by atoms with E-state index in [9.17, 15) is 13.2 Å². The number of benzene rings is 2. The minimum atomic E-state index is -3.59. The second-order valence-corrected chi connectivity index (χ2v) is 9.55. The molecular weight excluding hydrogens is 426 g/mol. The van der Waals surface area contributed by atoms with Gasteiger partial charge in [-0.1, -0.05) is 11.3 Å². The third kappa shape index (κ3) is 4.31. The second-order valence-electron chi connectivity index (χ2n) is 6.58. The van der Waals surface area contributed by atoms with Crippen LogP contribution in [0.1, 0.15) is 17.3 Å². The Bertz CT molecular complexity index is 1150. The zero-order valence-corrected chi connectivity index (χ0v) is 18.0. The summed E-state index contributed by atoms with van der Waals surface area (Å²) in [4.78, 5) is 17.1. The van der Waals surface area contributed by atoms with Gasteiger partial charge in [0.1, 0.15) is 5.75 Å². The third-order valence-electron chi connectivity index (χ3n) is 4.62. The molecule has 0 saturated carbocycles. The lowest BCUT2D eigenvalue weighted by molar-refractivity contribution is 0.0730. The Morgan fingerprint density at radius 3 is 2.63 bits per heavy atom. The van der Waals surface area contributed by atoms with Gasteiger partial charge in [0.2, 0.25) is 10.0 Å². The molecule has 1 aliphatic rings. The minimum Gasteiger partial charge on any atom is -0.494 e. The van der Waals surface area contributed by atoms with Crippen molar-refractivity contribution >= 4 is 42.6 Å². The van der Waals surface area contributed by atoms with Crippen molar-refractivity contribution in [1.29, 1.82) is 0 Å². The van der Waals surface area contributed by atoms with Crippen LogP contribution in [0.3, 0.4) is 0 Å². The number of amides is 1. The van der Waals surface area contributed by atoms with Gasteiger partial charge in [0.25, 0.3) is 5.91 Å². The second kappa shape index (κ2) is 8.68. The highest BCUT2D eigenvalue weighted by Gasteiger charge is 2.26. The molecule has 2 heterocycles. The van der Waals surface area contributed by atoms with Gasteiger partial charge in [-0.15, -0.1) is 0 Å². The van der Waals surface area contributed by atoms with Crippen molar-refractivity contribution in [3.05, 3.63) is 48.0 Å². The lowest BCUT2D eigenvalue weighted by Gasteiger charge is -2.25. The van der Waals surface area contributed by atoms with Crippen molar-refractivity contribution in [2.45, 2.75) is 11.8 Å². The van der Waals surface area contributed by atoms with Gasteiger partial charge in [0, 0.05) is 18.7 Å². The number of morpholine rings is 1. The van der Waals surface area contributed by atoms with Crippen LogP contribution in [-0.4, -0.2) is 56.5 Å². The maximum absolute atomic E-state index is 12.8. The van der Waals surface area contributed by atoms with Crippen molar-refractivity contribution in [3.63, 3.8) is 0 Å². The van der Waals surface area contributed by atoms with Crippen LogP contribution in [0.15, 0.2) is 47.4 Å². The first-order chi connectivity index (χ1) is 14.5. The highest BCUT2D eigenvalue weighted by molar-refractivity contribution is 7.89. The van der Waals surface area contributed by atoms with Gasteiger partial charge in [-0.25, -0.2) is 13.4 Å². The molecule has 0 radical (unpaired) electrons. The van der Waals surface area contributed by atoms with E-state index < -0.39 is 10.0 Å². The fraction of sp³-hybridized carbons (Fsp3) is 0.300. The van der Waals surface area contributed by atoms with Crippen LogP contribution in [0, 0.1) is 0 Å². The number of anilines is 1. The monoisotopic (exact) mass is 447 g/mol. The van der Waals surface area contributed by atoms with E-state index in [0.717, 1.165) is 0 Å². The summed E-state index contributed by atoms with van der Waals surface area (Å²) in [6, 6.07) is 11.6. The number of nitrogens with zero attached hydrogens (tertiary/aromatic N) is 2. The Balaban J connectivity index is 1.53. The van der Waals surface area contributed by atoms with E-state index in [4.69, 9.17) is 9.47 Å². The molecule has 158 valence electrons. The fourth-order valence-corrected chi connectivity index (χ4v) is 5.50. The fourth-order valence-electron chi connectivity index (χ4n) is 3.09. The number of hydrogen-bond acceptors (Lipinski definition) is 7. The normalized spacial score (nSPS) is 15.2. The number of fused-ring (bicyclic) bond motifs is 1. The van der Waals surface area contributed by atoms with E-state index in [-0.39, 0.29) is 10.8 Å². The Morgan fingerprint density at radius 1 is 1.20 bits per heavy atom. The van der Waals surface area contributed by atoms with Crippen LogP contribution in [-0.2, 0) is 14.8 Å². The number of sulfonamides is 1. The van der Waals surface area contributed by atoms with Crippen molar-refractivity contribution in [2.24, 2.45) is 0 Å². The number of nitrogens with one attached hydrogen (secondary N) is 1. The number of carbonyl (C=O) groups is 1. The van der Waals surface area contributed by atoms with Gasteiger partial charge in [0.05, 0.1) is 34.9 Å². The van der Waals surface area contributed by atoms with E-state index in [1.54, 1.807) is 42.5 Å². The van der Waals surface area contributed by atoms with Crippen LogP contribution in [0.4, 0.5) is 5.13 Å². The molecule has 3 aromatic rings. The average molecular weight is 448 g/mol. The molecule has 1 fully saturated rings. The average Bonchev–Trinajstić information content (AvgIpc) is 3.16. The van der Waals surface area contributed by atoms with Crippen molar-refractivity contribution in [1.82, 2.24) is 9.29 Å². The molecule has 1 aromatic heterocycles. The smallest absolute Gasteiger partial charge is 0.257 e. The molecule has 0 aliphatic carbocycles. The largest absolute Gasteiger partial charge is 0.494 e. The van der Waals surface area contributed by atoms with Gasteiger partial charge in [-0.05, 0) is 49.4 Å². The van der Waals surface area contributed by atoms with Crippen LogP contribution in [0.2, 0.25) is 0 Å². The third-order valence-corrected chi connectivity index (χ3v) is 7.44. The van der Waals surface area contributed by atoms with E-state index in [0.29, 0.717) is 59.6 Å². The van der Waals surface area contributed by atoms with Crippen LogP contribution in [0.5, 0.6) is 5.75 Å². The zero-order chi connectivity index (χ0) is 21.1. The molecule has 30 heavy (non-hydrogen) atoms. The highest BCUT2D eigenvalue weighted by Crippen LogP contribution is 2.30. The maximum Gasteiger partial charge on any atom is 0.257 e. The quantitative estimate of drug-likeness (QED) is 0.624. The van der Waals surface area contributed by atoms with Gasteiger partial charge in [-0.3, -0.25) is 10.1 Å². The van der Waals surface area contributed by atoms with Crippen LogP contribution < -0.4 is 10.1 Å². The molecule has 1 aliphatic heterocycles. The summed E-state index contributed by atoms with van der Waals surface area (Å²) in [6.07, 6.45) is 0. The lowest BCUT2D eigenvalue weighted by Crippen LogP contribution is -2.40. The lowest BCUT2D eigenvalue weighted by atomic mass is 10.2. The van der Waals surface area contributed by atoms with E-state index in [1.165, 1.54) is 15.6 Å². The first kappa shape index (κ1) is 20.7. The predicted octanol–water partition coefficient (Wildman–Crippen LogP) is 2.97. The Hall–Kier alpha value is -2.53. The number of carbonyl (C=O) groups excluding carboxylic acids is 1. The van der Waals surface area contributed by atoms with E-state index >= 15 is 0 Å². The molecule has 8 nitrogen and oxygen atoms in total. The summed E-state index contributed by atoms with van der Waals surface area (Å²) < 4.78 is 38.4. The number of hydrogen-bond donors (Lipinski definition) is 1. The minimum absolute atomic E-state index is 0.213. The van der Waals surface area contributed by atoms with Gasteiger partial charge in [-0.2, -0.15) is 4.31 Å². The number of rotatable bonds is 6. The first-order valence-electron chi connectivity index (χ1n) is 9.50. The standard InChI is InChI=1S/C20H21N3O5S2/c1-2-28-15-5-3-14(4-6-15)19(24)22-20-21-17-8-7-16(13-18(17)29-20)30(25,26)23-9-11-27-12-10-23/h3-8,13H,2,9-12H2,1H3,(H,21,22,24). The molecule has 1 N–H and O–H groups in total. The number of ether oxygens (including phenoxy) is 2. The Kier molecular flexibility index (Phi) is 6.00. The van der Waals surface area contributed by atoms with Crippen molar-refractivity contribution in [3.8, 4) is 5.75 Å². The van der Waals surface area contributed by atoms with Crippen molar-refractivity contribution < 1.29 is 22.7 Å². The summed E-state index contributed by atoms with van der Waals surface area (Å²) in [5.74, 6) is 0.404. The first-order valence-corrected chi connectivity index (χ1v) is 11.8. The molecule has 0 unspecified atom stereocenters. The van der Waals surface area contributed by atoms with E-state index in [1.807, 2.05) is 6.92 Å². The molecule has 1 saturated heterocycles. The molecule has 4 rings (SSSR count). The van der Waals surface area contributed by atoms with Gasteiger partial charge < -0.3 is 9.47 Å². The van der Waals surface area contributed by atoms with Crippen molar-refractivity contribution in [2.75, 3.05) is 38.2 Å². The van der Waals surface area contributed by atoms with Gasteiger partial charge >= 0.3 is 0 Å². The van der Waals surface area contributed by atoms with E-state index in [2.05, 4.69) is 10.3 Å². The summed E-state index contributed by atoms with van der Waals surface area (Å²) in [5, 5.41) is 3.18. The highest BCUT2D eigenvalue weighted by atomic mass is 32.2. The zero-order valence-electron chi connectivity index (χ0n) is 16.3. The van der Waals surface area contributed by atoms with Crippen LogP contribution >= 0.6 is 11.3 Å². The molecule has 2 aromatic carbocycles. The number of thiazole rings is 1. The molecule has 0 atom stereocenters. The summed E-state index contributed by atoms with van der Waals surface area (Å²) >= 11 is 1.23. The number of aromatic nitrogens is 1. The Morgan fingerprint density at radius 2 is 1.93 bits per heavy atom. The summed E-state index contributed by atoms with van der Waals surface area (Å²) in [6.45, 7) is 3.91. The molecule has 0 spiro atoms. The Labute approximate surface area is 178 Å². The van der Waals surface area contributed by atoms with Crippen LogP contribution in [0.25, 0.3) is 10.2 Å².